The van der Waals surface area contributed by atoms with Gasteiger partial charge < -0.3 is 20.3 Å². The lowest BCUT2D eigenvalue weighted by Gasteiger charge is -2.19. The third kappa shape index (κ3) is 3.23. The molecule has 0 aromatic heterocycles. The fraction of sp³-hybridized carbons (Fsp3) is 1.00. The summed E-state index contributed by atoms with van der Waals surface area (Å²) in [6, 6.07) is -0.0200. The molecule has 1 heterocycles. The summed E-state index contributed by atoms with van der Waals surface area (Å²) >= 11 is 0. The highest BCUT2D eigenvalue weighted by Gasteiger charge is 2.26. The van der Waals surface area contributed by atoms with Gasteiger partial charge in [0.25, 0.3) is 0 Å². The minimum atomic E-state index is -0.431. The van der Waals surface area contributed by atoms with Gasteiger partial charge >= 0.3 is 0 Å². The fourth-order valence-electron chi connectivity index (χ4n) is 1.25. The summed E-state index contributed by atoms with van der Waals surface area (Å²) in [6.45, 7) is 5.38. The average molecular weight is 189 g/mol. The zero-order valence-corrected chi connectivity index (χ0v) is 8.23. The van der Waals surface area contributed by atoms with Gasteiger partial charge in [-0.1, -0.05) is 13.8 Å². The van der Waals surface area contributed by atoms with Gasteiger partial charge in [0.1, 0.15) is 0 Å². The molecule has 3 unspecified atom stereocenters. The molecule has 0 radical (unpaired) electrons. The van der Waals surface area contributed by atoms with Crippen molar-refractivity contribution < 1.29 is 14.9 Å². The lowest BCUT2D eigenvalue weighted by molar-refractivity contribution is 0.104. The Morgan fingerprint density at radius 3 is 2.62 bits per heavy atom. The van der Waals surface area contributed by atoms with Gasteiger partial charge in [0.15, 0.2) is 0 Å². The number of nitrogens with one attached hydrogen (secondary N) is 1. The molecule has 4 nitrogen and oxygen atoms in total. The third-order valence-electron chi connectivity index (χ3n) is 2.41. The maximum Gasteiger partial charge on any atom is 0.0948 e. The first kappa shape index (κ1) is 10.9. The van der Waals surface area contributed by atoms with Crippen LogP contribution in [0.5, 0.6) is 0 Å². The van der Waals surface area contributed by atoms with Crippen LogP contribution in [-0.4, -0.2) is 48.2 Å². The average Bonchev–Trinajstić information content (AvgIpc) is 2.47. The molecule has 0 amide bonds. The van der Waals surface area contributed by atoms with Gasteiger partial charge in [-0.15, -0.1) is 0 Å². The molecule has 0 saturated carbocycles. The smallest absolute Gasteiger partial charge is 0.0948 e. The normalized spacial score (nSPS) is 31.2. The molecule has 1 aliphatic rings. The fourth-order valence-corrected chi connectivity index (χ4v) is 1.25. The summed E-state index contributed by atoms with van der Waals surface area (Å²) in [5.74, 6) is 0.243. The van der Waals surface area contributed by atoms with Gasteiger partial charge in [-0.2, -0.15) is 0 Å². The highest BCUT2D eigenvalue weighted by molar-refractivity contribution is 4.81. The highest BCUT2D eigenvalue weighted by atomic mass is 16.5. The minimum Gasteiger partial charge on any atom is -0.392 e. The molecule has 1 saturated heterocycles. The zero-order valence-electron chi connectivity index (χ0n) is 8.23. The summed E-state index contributed by atoms with van der Waals surface area (Å²) in [5, 5.41) is 21.9. The second kappa shape index (κ2) is 4.91. The Kier molecular flexibility index (Phi) is 4.12. The Hall–Kier alpha value is -0.160. The third-order valence-corrected chi connectivity index (χ3v) is 2.41. The number of hydrogen-bond acceptors (Lipinski definition) is 4. The number of ether oxygens (including phenoxy) is 1. The topological polar surface area (TPSA) is 61.7 Å². The van der Waals surface area contributed by atoms with E-state index >= 15 is 0 Å². The van der Waals surface area contributed by atoms with Crippen molar-refractivity contribution in [2.24, 2.45) is 5.92 Å². The van der Waals surface area contributed by atoms with E-state index in [1.54, 1.807) is 0 Å². The van der Waals surface area contributed by atoms with E-state index in [2.05, 4.69) is 5.32 Å². The van der Waals surface area contributed by atoms with Crippen LogP contribution in [0.15, 0.2) is 0 Å². The standard InChI is InChI=1S/C9H19NO3/c1-6(2)8(11)3-10-7-4-13-5-9(7)12/h6-12H,3-5H2,1-2H3. The molecule has 0 bridgehead atoms. The molecular weight excluding hydrogens is 170 g/mol. The van der Waals surface area contributed by atoms with Crippen LogP contribution in [0.4, 0.5) is 0 Å². The molecule has 0 aliphatic carbocycles. The molecule has 1 aliphatic heterocycles. The van der Waals surface area contributed by atoms with Crippen molar-refractivity contribution in [1.82, 2.24) is 5.32 Å². The van der Waals surface area contributed by atoms with Gasteiger partial charge in [0.05, 0.1) is 31.5 Å². The highest BCUT2D eigenvalue weighted by Crippen LogP contribution is 2.06. The summed E-state index contributed by atoms with van der Waals surface area (Å²) in [6.07, 6.45) is -0.785. The number of aliphatic hydroxyl groups excluding tert-OH is 2. The number of hydrogen-bond donors (Lipinski definition) is 3. The van der Waals surface area contributed by atoms with E-state index in [0.29, 0.717) is 19.8 Å². The van der Waals surface area contributed by atoms with Crippen LogP contribution in [0.2, 0.25) is 0 Å². The lowest BCUT2D eigenvalue weighted by Crippen LogP contribution is -2.43. The second-order valence-corrected chi connectivity index (χ2v) is 3.93. The van der Waals surface area contributed by atoms with Gasteiger partial charge in [-0.25, -0.2) is 0 Å². The van der Waals surface area contributed by atoms with Gasteiger partial charge in [0.2, 0.25) is 0 Å². The molecule has 1 fully saturated rings. The van der Waals surface area contributed by atoms with Crippen molar-refractivity contribution in [3.8, 4) is 0 Å². The van der Waals surface area contributed by atoms with Crippen molar-refractivity contribution in [1.29, 1.82) is 0 Å². The van der Waals surface area contributed by atoms with E-state index in [-0.39, 0.29) is 18.1 Å². The molecule has 0 aromatic carbocycles. The van der Waals surface area contributed by atoms with Crippen molar-refractivity contribution in [2.75, 3.05) is 19.8 Å². The quantitative estimate of drug-likeness (QED) is 0.550. The maximum absolute atomic E-state index is 9.49. The van der Waals surface area contributed by atoms with E-state index in [9.17, 15) is 10.2 Å². The minimum absolute atomic E-state index is 0.0200. The van der Waals surface area contributed by atoms with Gasteiger partial charge in [-0.3, -0.25) is 0 Å². The molecule has 0 spiro atoms. The van der Waals surface area contributed by atoms with Crippen molar-refractivity contribution in [2.45, 2.75) is 32.1 Å². The lowest BCUT2D eigenvalue weighted by atomic mass is 10.1. The number of rotatable bonds is 4. The Morgan fingerprint density at radius 1 is 1.46 bits per heavy atom. The van der Waals surface area contributed by atoms with Crippen LogP contribution in [0.25, 0.3) is 0 Å². The molecule has 3 N–H and O–H groups in total. The van der Waals surface area contributed by atoms with Crippen LogP contribution in [-0.2, 0) is 4.74 Å². The Labute approximate surface area is 78.9 Å². The van der Waals surface area contributed by atoms with Crippen LogP contribution in [0.3, 0.4) is 0 Å². The first-order valence-corrected chi connectivity index (χ1v) is 4.78. The van der Waals surface area contributed by atoms with E-state index in [1.807, 2.05) is 13.8 Å². The van der Waals surface area contributed by atoms with Crippen molar-refractivity contribution in [3.05, 3.63) is 0 Å². The van der Waals surface area contributed by atoms with Gasteiger partial charge in [0, 0.05) is 6.54 Å². The Morgan fingerprint density at radius 2 is 2.15 bits per heavy atom. The Balaban J connectivity index is 2.18. The second-order valence-electron chi connectivity index (χ2n) is 3.93. The van der Waals surface area contributed by atoms with Crippen molar-refractivity contribution in [3.63, 3.8) is 0 Å². The molecule has 4 heteroatoms. The van der Waals surface area contributed by atoms with Crippen molar-refractivity contribution >= 4 is 0 Å². The SMILES string of the molecule is CC(C)C(O)CNC1COCC1O. The summed E-state index contributed by atoms with van der Waals surface area (Å²) < 4.78 is 5.07. The summed E-state index contributed by atoms with van der Waals surface area (Å²) in [4.78, 5) is 0. The first-order valence-electron chi connectivity index (χ1n) is 4.78. The first-order chi connectivity index (χ1) is 6.11. The summed E-state index contributed by atoms with van der Waals surface area (Å²) in [5.41, 5.74) is 0. The van der Waals surface area contributed by atoms with Crippen LogP contribution in [0.1, 0.15) is 13.8 Å². The van der Waals surface area contributed by atoms with E-state index in [4.69, 9.17) is 4.74 Å². The largest absolute Gasteiger partial charge is 0.392 e. The van der Waals surface area contributed by atoms with Crippen LogP contribution >= 0.6 is 0 Å². The molecule has 3 atom stereocenters. The van der Waals surface area contributed by atoms with Crippen LogP contribution in [0, 0.1) is 5.92 Å². The van der Waals surface area contributed by atoms with E-state index in [0.717, 1.165) is 0 Å². The molecule has 1 rings (SSSR count). The zero-order chi connectivity index (χ0) is 9.84. The molecule has 13 heavy (non-hydrogen) atoms. The summed E-state index contributed by atoms with van der Waals surface area (Å²) in [7, 11) is 0. The van der Waals surface area contributed by atoms with Gasteiger partial charge in [-0.05, 0) is 5.92 Å². The van der Waals surface area contributed by atoms with Crippen LogP contribution < -0.4 is 5.32 Å². The molecule has 78 valence electrons. The predicted octanol–water partition coefficient (Wildman–Crippen LogP) is -0.647. The Bertz CT molecular complexity index is 152. The molecular formula is C9H19NO3. The predicted molar refractivity (Wildman–Crippen MR) is 49.5 cm³/mol. The monoisotopic (exact) mass is 189 g/mol. The van der Waals surface area contributed by atoms with E-state index in [1.165, 1.54) is 0 Å². The maximum atomic E-state index is 9.49. The molecule has 0 aromatic rings. The van der Waals surface area contributed by atoms with E-state index < -0.39 is 6.10 Å². The number of aliphatic hydroxyl groups is 2.